The number of carbonyl (C=O) groups excluding carboxylic acids is 2. The highest BCUT2D eigenvalue weighted by molar-refractivity contribution is 5.49. The van der Waals surface area contributed by atoms with Gasteiger partial charge >= 0.3 is 0 Å². The molecular weight excluding hydrogens is 817 g/mol. The van der Waals surface area contributed by atoms with Gasteiger partial charge in [0.15, 0.2) is 12.6 Å². The zero-order chi connectivity index (χ0) is 48.1. The summed E-state index contributed by atoms with van der Waals surface area (Å²) < 4.78 is 20.9. The minimum atomic E-state index is -0.0914. The molecule has 6 atom stereocenters. The zero-order valence-electron chi connectivity index (χ0n) is 44.2. The predicted molar refractivity (Wildman–Crippen MR) is 273 cm³/mol. The van der Waals surface area contributed by atoms with Crippen LogP contribution in [-0.2, 0) is 65.0 Å². The van der Waals surface area contributed by atoms with Gasteiger partial charge in [-0.25, -0.2) is 0 Å². The molecule has 372 valence electrons. The van der Waals surface area contributed by atoms with Crippen LogP contribution in [0.1, 0.15) is 204 Å². The molecule has 0 amide bonds. The third-order valence-corrected chi connectivity index (χ3v) is 18.1. The Morgan fingerprint density at radius 2 is 1.03 bits per heavy atom. The van der Waals surface area contributed by atoms with Crippen LogP contribution in [0.5, 0.6) is 0 Å². The van der Waals surface area contributed by atoms with E-state index in [1.54, 1.807) is 28.4 Å². The lowest BCUT2D eigenvalue weighted by molar-refractivity contribution is -0.109. The maximum Gasteiger partial charge on any atom is 0.157 e. The van der Waals surface area contributed by atoms with Crippen LogP contribution in [0, 0.1) is 46.3 Å². The van der Waals surface area contributed by atoms with Crippen molar-refractivity contribution in [1.82, 2.24) is 0 Å². The minimum absolute atomic E-state index is 0.0882. The van der Waals surface area contributed by atoms with Crippen LogP contribution in [0.4, 0.5) is 0 Å². The number of rotatable bonds is 16. The van der Waals surface area contributed by atoms with Gasteiger partial charge in [0.05, 0.1) is 0 Å². The summed E-state index contributed by atoms with van der Waals surface area (Å²) in [6.07, 6.45) is 28.8. The largest absolute Gasteiger partial charge is 0.356 e. The number of benzene rings is 2. The Morgan fingerprint density at radius 1 is 0.530 bits per heavy atom. The molecular formula is C60H96O6. The summed E-state index contributed by atoms with van der Waals surface area (Å²) in [5, 5.41) is 0. The first-order valence-electron chi connectivity index (χ1n) is 26.6. The van der Waals surface area contributed by atoms with Crippen molar-refractivity contribution in [1.29, 1.82) is 0 Å². The Kier molecular flexibility index (Phi) is 20.6. The molecule has 4 fully saturated rings. The Balaban J connectivity index is 0.000000166. The molecule has 6 unspecified atom stereocenters. The van der Waals surface area contributed by atoms with Gasteiger partial charge in [0, 0.05) is 54.1 Å². The van der Waals surface area contributed by atoms with Gasteiger partial charge in [-0.3, -0.25) is 0 Å². The molecule has 0 bridgehead atoms. The Morgan fingerprint density at radius 3 is 1.62 bits per heavy atom. The second-order valence-corrected chi connectivity index (χ2v) is 24.3. The third kappa shape index (κ3) is 14.8. The molecule has 6 aliphatic carbocycles. The van der Waals surface area contributed by atoms with E-state index >= 15 is 0 Å². The monoisotopic (exact) mass is 913 g/mol. The summed E-state index contributed by atoms with van der Waals surface area (Å²) in [6.45, 7) is 19.1. The van der Waals surface area contributed by atoms with E-state index in [1.165, 1.54) is 123 Å². The number of methoxy groups -OCH3 is 4. The van der Waals surface area contributed by atoms with Crippen LogP contribution < -0.4 is 0 Å². The molecule has 0 N–H and O–H groups in total. The molecule has 0 saturated heterocycles. The van der Waals surface area contributed by atoms with E-state index in [0.29, 0.717) is 21.7 Å². The van der Waals surface area contributed by atoms with Crippen molar-refractivity contribution >= 4 is 12.6 Å². The normalized spacial score (nSPS) is 26.9. The molecule has 2 aromatic rings. The van der Waals surface area contributed by atoms with Crippen LogP contribution >= 0.6 is 0 Å². The second-order valence-electron chi connectivity index (χ2n) is 24.3. The summed E-state index contributed by atoms with van der Waals surface area (Å²) in [5.74, 6) is 5.60. The molecule has 6 nitrogen and oxygen atoms in total. The molecule has 6 aliphatic rings. The van der Waals surface area contributed by atoms with E-state index in [-0.39, 0.29) is 12.6 Å². The Bertz CT molecular complexity index is 1780. The highest BCUT2D eigenvalue weighted by Crippen LogP contribution is 2.55. The number of fused-ring (bicyclic) bond motifs is 4. The van der Waals surface area contributed by atoms with E-state index in [9.17, 15) is 9.59 Å². The van der Waals surface area contributed by atoms with Gasteiger partial charge in [0.2, 0.25) is 0 Å². The fourth-order valence-electron chi connectivity index (χ4n) is 13.6. The van der Waals surface area contributed by atoms with E-state index in [2.05, 4.69) is 91.8 Å². The van der Waals surface area contributed by atoms with Crippen molar-refractivity contribution in [3.63, 3.8) is 0 Å². The van der Waals surface area contributed by atoms with Gasteiger partial charge in [0.1, 0.15) is 12.6 Å². The van der Waals surface area contributed by atoms with E-state index in [4.69, 9.17) is 18.9 Å². The number of aldehydes is 2. The van der Waals surface area contributed by atoms with Crippen molar-refractivity contribution < 1.29 is 28.5 Å². The van der Waals surface area contributed by atoms with Crippen LogP contribution in [0.2, 0.25) is 0 Å². The fraction of sp³-hybridized carbons (Fsp3) is 0.767. The van der Waals surface area contributed by atoms with Gasteiger partial charge in [0.25, 0.3) is 0 Å². The molecule has 8 rings (SSSR count). The maximum absolute atomic E-state index is 10.4. The number of carbonyl (C=O) groups is 2. The average molecular weight is 913 g/mol. The molecule has 4 saturated carbocycles. The third-order valence-electron chi connectivity index (χ3n) is 18.1. The first-order valence-corrected chi connectivity index (χ1v) is 26.6. The van der Waals surface area contributed by atoms with Gasteiger partial charge in [-0.2, -0.15) is 0 Å². The zero-order valence-corrected chi connectivity index (χ0v) is 44.2. The van der Waals surface area contributed by atoms with Crippen molar-refractivity contribution in [2.75, 3.05) is 28.4 Å². The van der Waals surface area contributed by atoms with E-state index in [0.717, 1.165) is 99.4 Å². The van der Waals surface area contributed by atoms with E-state index < -0.39 is 0 Å². The van der Waals surface area contributed by atoms with Crippen LogP contribution in [0.25, 0.3) is 0 Å². The van der Waals surface area contributed by atoms with Crippen molar-refractivity contribution in [3.8, 4) is 0 Å². The SMILES string of the molecule is CC1(C)CCC2CC(CCC=O)CCC21.CC1(C)CCC2CCC(CCC=O)CC21.COC(CCc1ccc2c(c1)C(C)(C)CC2)OC.COC(CCc1ccc2c(c1)CCC2(C)C)OC. The minimum Gasteiger partial charge on any atom is -0.356 e. The number of hydrogen-bond donors (Lipinski definition) is 0. The van der Waals surface area contributed by atoms with Gasteiger partial charge in [-0.15, -0.1) is 0 Å². The molecule has 0 heterocycles. The summed E-state index contributed by atoms with van der Waals surface area (Å²) in [5.41, 5.74) is 10.8. The summed E-state index contributed by atoms with van der Waals surface area (Å²) in [4.78, 5) is 20.8. The topological polar surface area (TPSA) is 71.1 Å². The molecule has 6 heteroatoms. The van der Waals surface area contributed by atoms with Crippen molar-refractivity contribution in [2.45, 2.75) is 220 Å². The van der Waals surface area contributed by atoms with Crippen LogP contribution in [0.3, 0.4) is 0 Å². The standard InChI is InChI=1S/2C16H24O2.2C14H24O/c1-16(2)10-9-13-11-12(5-7-14(13)16)6-8-15(17-3)18-4;1-16(2)10-9-13-7-5-12(11-14(13)16)6-8-15(17-3)18-4;1-14(2)8-7-12-10-11(4-3-9-15)5-6-13(12)14;1-14(2)8-7-12-6-5-11(4-3-9-15)10-13(12)14/h2*5,7,11,15H,6,8-10H2,1-4H3;2*9,11-13H,3-8,10H2,1-2H3. The second kappa shape index (κ2) is 25.0. The predicted octanol–water partition coefficient (Wildman–Crippen LogP) is 14.6. The van der Waals surface area contributed by atoms with Crippen LogP contribution in [0.15, 0.2) is 36.4 Å². The quantitative estimate of drug-likeness (QED) is 0.123. The Labute approximate surface area is 404 Å². The van der Waals surface area contributed by atoms with E-state index in [1.807, 2.05) is 0 Å². The fourth-order valence-corrected chi connectivity index (χ4v) is 13.6. The smallest absolute Gasteiger partial charge is 0.157 e. The lowest BCUT2D eigenvalue weighted by Crippen LogP contribution is -2.29. The molecule has 0 aromatic heterocycles. The first kappa shape index (κ1) is 54.6. The van der Waals surface area contributed by atoms with Crippen molar-refractivity contribution in [3.05, 3.63) is 69.8 Å². The highest BCUT2D eigenvalue weighted by Gasteiger charge is 2.45. The molecule has 0 spiro atoms. The number of ether oxygens (including phenoxy) is 4. The number of aryl methyl sites for hydroxylation is 4. The highest BCUT2D eigenvalue weighted by atomic mass is 16.7. The van der Waals surface area contributed by atoms with Gasteiger partial charge in [-0.1, -0.05) is 105 Å². The van der Waals surface area contributed by atoms with Crippen molar-refractivity contribution in [2.24, 2.45) is 46.3 Å². The summed E-state index contributed by atoms with van der Waals surface area (Å²) in [7, 11) is 6.78. The molecule has 2 aromatic carbocycles. The lowest BCUT2D eigenvalue weighted by atomic mass is 9.67. The summed E-state index contributed by atoms with van der Waals surface area (Å²) >= 11 is 0. The first-order chi connectivity index (χ1) is 31.4. The van der Waals surface area contributed by atoms with Crippen LogP contribution in [-0.4, -0.2) is 53.6 Å². The number of hydrogen-bond acceptors (Lipinski definition) is 6. The maximum atomic E-state index is 10.4. The van der Waals surface area contributed by atoms with Gasteiger partial charge < -0.3 is 28.5 Å². The summed E-state index contributed by atoms with van der Waals surface area (Å²) in [6, 6.07) is 13.9. The molecule has 66 heavy (non-hydrogen) atoms. The molecule has 0 aliphatic heterocycles. The van der Waals surface area contributed by atoms with Gasteiger partial charge in [-0.05, 0) is 193 Å². The lowest BCUT2D eigenvalue weighted by Gasteiger charge is -2.38. The molecule has 0 radical (unpaired) electrons. The average Bonchev–Trinajstić information content (AvgIpc) is 4.00. The Hall–Kier alpha value is -2.38.